The number of primary amides is 1. The fraction of sp³-hybridized carbons (Fsp3) is 0.500. The Morgan fingerprint density at radius 3 is 2.37 bits per heavy atom. The number of carbonyl (C=O) groups excluding carboxylic acids is 3. The van der Waals surface area contributed by atoms with E-state index in [0.717, 1.165) is 5.56 Å². The maximum Gasteiger partial charge on any atom is 0.408 e. The van der Waals surface area contributed by atoms with E-state index in [1.807, 2.05) is 45.0 Å². The summed E-state index contributed by atoms with van der Waals surface area (Å²) in [5.74, 6) is -0.253. The molecule has 6 N–H and O–H groups in total. The third kappa shape index (κ3) is 9.33. The van der Waals surface area contributed by atoms with Crippen LogP contribution < -0.4 is 27.0 Å². The van der Waals surface area contributed by atoms with E-state index < -0.39 is 28.7 Å². The van der Waals surface area contributed by atoms with Crippen LogP contribution in [-0.2, 0) is 22.4 Å². The Morgan fingerprint density at radius 2 is 1.79 bits per heavy atom. The summed E-state index contributed by atoms with van der Waals surface area (Å²) >= 11 is 0. The Hall–Kier alpha value is -3.67. The maximum atomic E-state index is 12.6. The third-order valence-electron chi connectivity index (χ3n) is 5.06. The number of carbonyl (C=O) groups is 3. The highest BCUT2D eigenvalue weighted by Crippen LogP contribution is 2.23. The van der Waals surface area contributed by atoms with Gasteiger partial charge in [0.2, 0.25) is 5.91 Å². The van der Waals surface area contributed by atoms with E-state index in [-0.39, 0.29) is 17.6 Å². The molecule has 3 radical (unpaired) electrons. The van der Waals surface area contributed by atoms with Crippen LogP contribution in [0.3, 0.4) is 0 Å². The molecule has 1 unspecified atom stereocenters. The predicted octanol–water partition coefficient (Wildman–Crippen LogP) is 2.77. The quantitative estimate of drug-likeness (QED) is 0.272. The van der Waals surface area contributed by atoms with Gasteiger partial charge in [0.1, 0.15) is 16.6 Å². The molecule has 38 heavy (non-hydrogen) atoms. The van der Waals surface area contributed by atoms with Crippen LogP contribution in [0.5, 0.6) is 0 Å². The summed E-state index contributed by atoms with van der Waals surface area (Å²) in [4.78, 5) is 45.8. The van der Waals surface area contributed by atoms with Crippen LogP contribution in [0.15, 0.2) is 24.3 Å². The summed E-state index contributed by atoms with van der Waals surface area (Å²) in [5.41, 5.74) is 7.21. The second-order valence-corrected chi connectivity index (χ2v) is 11.3. The van der Waals surface area contributed by atoms with Gasteiger partial charge in [0, 0.05) is 18.3 Å². The van der Waals surface area contributed by atoms with Crippen molar-refractivity contribution in [1.82, 2.24) is 20.6 Å². The first-order valence-corrected chi connectivity index (χ1v) is 13.0. The Bertz CT molecular complexity index is 1160. The molecule has 0 bridgehead atoms. The second-order valence-electron chi connectivity index (χ2n) is 10.3. The smallest absolute Gasteiger partial charge is 0.408 e. The van der Waals surface area contributed by atoms with Gasteiger partial charge in [-0.2, -0.15) is 0 Å². The van der Waals surface area contributed by atoms with Crippen LogP contribution in [0, 0.1) is 0 Å². The first-order valence-electron chi connectivity index (χ1n) is 12.5. The summed E-state index contributed by atoms with van der Waals surface area (Å²) < 4.78 is 5.21. The van der Waals surface area contributed by atoms with E-state index in [1.165, 1.54) is 6.92 Å². The number of aryl methyl sites for hydroxylation is 1. The summed E-state index contributed by atoms with van der Waals surface area (Å²) in [7, 11) is 3.31. The molecule has 3 amide bonds. The van der Waals surface area contributed by atoms with Gasteiger partial charge in [-0.15, -0.1) is 0 Å². The minimum absolute atomic E-state index is 0.0581. The first-order chi connectivity index (χ1) is 17.6. The van der Waals surface area contributed by atoms with Crippen molar-refractivity contribution in [1.29, 1.82) is 0 Å². The van der Waals surface area contributed by atoms with Gasteiger partial charge in [0.15, 0.2) is 11.5 Å². The zero-order valence-electron chi connectivity index (χ0n) is 23.1. The van der Waals surface area contributed by atoms with Crippen LogP contribution in [0.25, 0.3) is 0 Å². The molecule has 1 aromatic carbocycles. The number of hydrogen-bond acceptors (Lipinski definition) is 8. The zero-order chi connectivity index (χ0) is 28.7. The number of hydrogen-bond donors (Lipinski definition) is 5. The van der Waals surface area contributed by atoms with Crippen LogP contribution >= 0.6 is 0 Å². The van der Waals surface area contributed by atoms with Gasteiger partial charge in [-0.3, -0.25) is 9.59 Å². The molecular weight excluding hydrogens is 502 g/mol. The molecule has 1 aromatic heterocycles. The molecule has 0 aliphatic carbocycles. The number of anilines is 3. The van der Waals surface area contributed by atoms with E-state index in [0.29, 0.717) is 36.6 Å². The highest BCUT2D eigenvalue weighted by Gasteiger charge is 2.31. The number of nitrogens with one attached hydrogen (secondary N) is 4. The normalized spacial score (nSPS) is 12.9. The molecule has 12 heteroatoms. The highest BCUT2D eigenvalue weighted by atomic mass is 28.1. The van der Waals surface area contributed by atoms with Crippen LogP contribution in [-0.4, -0.2) is 61.5 Å². The Kier molecular flexibility index (Phi) is 10.2. The number of benzene rings is 1. The Morgan fingerprint density at radius 1 is 1.11 bits per heavy atom. The molecule has 1 atom stereocenters. The van der Waals surface area contributed by atoms with E-state index in [2.05, 4.69) is 41.5 Å². The van der Waals surface area contributed by atoms with Crippen molar-refractivity contribution in [2.24, 2.45) is 5.73 Å². The molecule has 0 saturated carbocycles. The van der Waals surface area contributed by atoms with Crippen molar-refractivity contribution in [2.45, 2.75) is 78.1 Å². The molecule has 11 nitrogen and oxygen atoms in total. The summed E-state index contributed by atoms with van der Waals surface area (Å²) in [6.45, 7) is 13.0. The number of ether oxygens (including phenoxy) is 1. The zero-order valence-corrected chi connectivity index (χ0v) is 24.1. The monoisotopic (exact) mass is 540 g/mol. The molecule has 1 heterocycles. The third-order valence-corrected chi connectivity index (χ3v) is 5.41. The average molecular weight is 541 g/mol. The van der Waals surface area contributed by atoms with Crippen molar-refractivity contribution < 1.29 is 19.1 Å². The molecule has 0 spiro atoms. The lowest BCUT2D eigenvalue weighted by Crippen LogP contribution is -2.58. The lowest BCUT2D eigenvalue weighted by molar-refractivity contribution is -0.124. The van der Waals surface area contributed by atoms with Crippen molar-refractivity contribution in [3.05, 3.63) is 41.2 Å². The van der Waals surface area contributed by atoms with Crippen LogP contribution in [0.1, 0.15) is 70.2 Å². The van der Waals surface area contributed by atoms with E-state index >= 15 is 0 Å². The fourth-order valence-electron chi connectivity index (χ4n) is 3.37. The topological polar surface area (TPSA) is 160 Å². The van der Waals surface area contributed by atoms with E-state index in [1.54, 1.807) is 20.8 Å². The largest absolute Gasteiger partial charge is 0.444 e. The van der Waals surface area contributed by atoms with Crippen LogP contribution in [0.2, 0.25) is 0 Å². The van der Waals surface area contributed by atoms with Crippen molar-refractivity contribution in [3.63, 3.8) is 0 Å². The van der Waals surface area contributed by atoms with Crippen molar-refractivity contribution in [3.8, 4) is 0 Å². The summed E-state index contributed by atoms with van der Waals surface area (Å²) in [5, 5.41) is 10.4. The van der Waals surface area contributed by atoms with E-state index in [4.69, 9.17) is 10.5 Å². The number of nitrogens with zero attached hydrogens (tertiary/aromatic N) is 2. The maximum absolute atomic E-state index is 12.6. The standard InChI is InChI=1S/C26H38N7O4Si/c1-8-18-21(29-15(2)3)32-22(19(31-18)20(27)34)30-17-11-9-10-16(14-17)12-13-28-23(35)26(7,38)33-24(36)37-25(4,5)6/h9-11,14-15H,8,12-13H2,1-7H3,(H2,27,34)(H,28,35)(H,33,36)(H2,29,30,32). The Balaban J connectivity index is 2.09. The van der Waals surface area contributed by atoms with Gasteiger partial charge < -0.3 is 31.7 Å². The van der Waals surface area contributed by atoms with Gasteiger partial charge >= 0.3 is 6.09 Å². The summed E-state index contributed by atoms with van der Waals surface area (Å²) in [6, 6.07) is 7.60. The van der Waals surface area contributed by atoms with Gasteiger partial charge in [-0.1, -0.05) is 19.1 Å². The molecule has 2 aromatic rings. The van der Waals surface area contributed by atoms with Crippen LogP contribution in [0.4, 0.5) is 22.1 Å². The predicted molar refractivity (Wildman–Crippen MR) is 149 cm³/mol. The highest BCUT2D eigenvalue weighted by molar-refractivity contribution is 6.29. The van der Waals surface area contributed by atoms with E-state index in [9.17, 15) is 14.4 Å². The lowest BCUT2D eigenvalue weighted by atomic mass is 10.1. The molecule has 2 rings (SSSR count). The molecule has 0 fully saturated rings. The number of rotatable bonds is 11. The minimum atomic E-state index is -1.35. The van der Waals surface area contributed by atoms with Gasteiger partial charge in [-0.05, 0) is 72.1 Å². The molecule has 0 aliphatic heterocycles. The minimum Gasteiger partial charge on any atom is -0.444 e. The first kappa shape index (κ1) is 30.6. The lowest BCUT2D eigenvalue weighted by Gasteiger charge is -2.27. The average Bonchev–Trinajstić information content (AvgIpc) is 2.77. The SMILES string of the molecule is CCc1nc(C(N)=O)c(Nc2cccc(CCNC(=O)C(C)([Si])NC(=O)OC(C)(C)C)c2)nc1NC(C)C. The Labute approximate surface area is 227 Å². The summed E-state index contributed by atoms with van der Waals surface area (Å²) in [6.07, 6.45) is 0.394. The molecule has 0 aliphatic rings. The number of aromatic nitrogens is 2. The van der Waals surface area contributed by atoms with Gasteiger partial charge in [0.05, 0.1) is 15.9 Å². The number of alkyl carbamates (subject to hydrolysis) is 1. The number of nitrogens with two attached hydrogens (primary N) is 1. The molecular formula is C26H38N7O4Si. The second kappa shape index (κ2) is 12.7. The number of amides is 3. The molecule has 0 saturated heterocycles. The van der Waals surface area contributed by atoms with Crippen molar-refractivity contribution in [2.75, 3.05) is 17.2 Å². The fourth-order valence-corrected chi connectivity index (χ4v) is 3.56. The van der Waals surface area contributed by atoms with Gasteiger partial charge in [-0.25, -0.2) is 14.8 Å². The molecule has 205 valence electrons. The van der Waals surface area contributed by atoms with Gasteiger partial charge in [0.25, 0.3) is 5.91 Å². The van der Waals surface area contributed by atoms with Crippen molar-refractivity contribution >= 4 is 45.5 Å².